The number of ether oxygens (including phenoxy) is 1. The van der Waals surface area contributed by atoms with Gasteiger partial charge in [0.25, 0.3) is 0 Å². The van der Waals surface area contributed by atoms with Crippen molar-refractivity contribution in [1.82, 2.24) is 4.98 Å². The lowest BCUT2D eigenvalue weighted by Crippen LogP contribution is -2.24. The van der Waals surface area contributed by atoms with E-state index in [2.05, 4.69) is 10.3 Å². The predicted octanol–water partition coefficient (Wildman–Crippen LogP) is 4.41. The smallest absolute Gasteiger partial charge is 0.311 e. The van der Waals surface area contributed by atoms with E-state index in [0.717, 1.165) is 4.90 Å². The molecule has 0 saturated heterocycles. The van der Waals surface area contributed by atoms with Crippen LogP contribution in [0.3, 0.4) is 0 Å². The highest BCUT2D eigenvalue weighted by molar-refractivity contribution is 8.00. The molecule has 2 rings (SSSR count). The minimum Gasteiger partial charge on any atom is -0.466 e. The van der Waals surface area contributed by atoms with E-state index in [4.69, 9.17) is 16.3 Å². The number of carbonyl (C=O) groups is 2. The number of anilines is 1. The van der Waals surface area contributed by atoms with Gasteiger partial charge in [-0.1, -0.05) is 18.5 Å². The van der Waals surface area contributed by atoms with Gasteiger partial charge in [0.05, 0.1) is 24.0 Å². The lowest BCUT2D eigenvalue weighted by molar-refractivity contribution is -0.142. The zero-order valence-electron chi connectivity index (χ0n) is 14.0. The summed E-state index contributed by atoms with van der Waals surface area (Å²) < 4.78 is 4.89. The third-order valence-electron chi connectivity index (χ3n) is 3.17. The largest absolute Gasteiger partial charge is 0.466 e. The van der Waals surface area contributed by atoms with Gasteiger partial charge in [-0.3, -0.25) is 9.59 Å². The number of rotatable bonds is 8. The summed E-state index contributed by atoms with van der Waals surface area (Å²) in [6, 6.07) is 7.39. The standard InChI is InChI=1S/C17H19ClN2O3S2/c1-3-14(25-13-7-5-11(18)6-8-13)16(22)20-17-19-12(10-24-17)9-15(21)23-4-2/h5-8,10,14H,3-4,9H2,1-2H3,(H,19,20,22). The molecule has 0 fully saturated rings. The van der Waals surface area contributed by atoms with E-state index < -0.39 is 0 Å². The Kier molecular flexibility index (Phi) is 7.74. The summed E-state index contributed by atoms with van der Waals surface area (Å²) in [6.45, 7) is 4.06. The van der Waals surface area contributed by atoms with Gasteiger partial charge in [0.2, 0.25) is 5.91 Å². The maximum atomic E-state index is 12.5. The highest BCUT2D eigenvalue weighted by Crippen LogP contribution is 2.28. The van der Waals surface area contributed by atoms with Gasteiger partial charge in [0.15, 0.2) is 5.13 Å². The second-order valence-corrected chi connectivity index (χ2v) is 7.65. The molecule has 134 valence electrons. The molecule has 0 spiro atoms. The number of hydrogen-bond acceptors (Lipinski definition) is 6. The molecule has 0 bridgehead atoms. The van der Waals surface area contributed by atoms with Gasteiger partial charge in [-0.15, -0.1) is 23.1 Å². The van der Waals surface area contributed by atoms with Gasteiger partial charge in [-0.2, -0.15) is 0 Å². The van der Waals surface area contributed by atoms with Gasteiger partial charge in [-0.25, -0.2) is 4.98 Å². The van der Waals surface area contributed by atoms with Crippen LogP contribution in [0.25, 0.3) is 0 Å². The number of carbonyl (C=O) groups excluding carboxylic acids is 2. The van der Waals surface area contributed by atoms with Crippen molar-refractivity contribution < 1.29 is 14.3 Å². The van der Waals surface area contributed by atoms with Crippen molar-refractivity contribution in [3.63, 3.8) is 0 Å². The van der Waals surface area contributed by atoms with E-state index >= 15 is 0 Å². The molecule has 1 amide bonds. The third kappa shape index (κ3) is 6.34. The van der Waals surface area contributed by atoms with E-state index in [1.165, 1.54) is 23.1 Å². The average molecular weight is 399 g/mol. The van der Waals surface area contributed by atoms with Gasteiger partial charge in [0, 0.05) is 15.3 Å². The van der Waals surface area contributed by atoms with Crippen molar-refractivity contribution in [3.05, 3.63) is 40.4 Å². The topological polar surface area (TPSA) is 68.3 Å². The molecule has 0 aliphatic rings. The van der Waals surface area contributed by atoms with Gasteiger partial charge < -0.3 is 10.1 Å². The number of nitrogens with zero attached hydrogens (tertiary/aromatic N) is 1. The molecule has 1 heterocycles. The Hall–Kier alpha value is -1.57. The molecule has 0 aliphatic carbocycles. The number of thioether (sulfide) groups is 1. The molecule has 1 N–H and O–H groups in total. The molecule has 1 atom stereocenters. The molecule has 1 aromatic carbocycles. The van der Waals surface area contributed by atoms with E-state index in [0.29, 0.717) is 28.9 Å². The highest BCUT2D eigenvalue weighted by Gasteiger charge is 2.19. The fourth-order valence-corrected chi connectivity index (χ4v) is 3.78. The summed E-state index contributed by atoms with van der Waals surface area (Å²) in [5, 5.41) is 5.48. The molecular formula is C17H19ClN2O3S2. The van der Waals surface area contributed by atoms with Crippen molar-refractivity contribution in [1.29, 1.82) is 0 Å². The van der Waals surface area contributed by atoms with Crippen molar-refractivity contribution in [2.45, 2.75) is 36.8 Å². The third-order valence-corrected chi connectivity index (χ3v) is 5.60. The van der Waals surface area contributed by atoms with Crippen molar-refractivity contribution in [2.24, 2.45) is 0 Å². The molecule has 25 heavy (non-hydrogen) atoms. The zero-order chi connectivity index (χ0) is 18.2. The maximum absolute atomic E-state index is 12.5. The van der Waals surface area contributed by atoms with Gasteiger partial charge in [0.1, 0.15) is 0 Å². The number of halogens is 1. The van der Waals surface area contributed by atoms with Gasteiger partial charge in [-0.05, 0) is 37.6 Å². The first kappa shape index (κ1) is 19.8. The number of aromatic nitrogens is 1. The van der Waals surface area contributed by atoms with Crippen LogP contribution in [0.5, 0.6) is 0 Å². The van der Waals surface area contributed by atoms with Crippen LogP contribution in [0.1, 0.15) is 26.0 Å². The van der Waals surface area contributed by atoms with Crippen molar-refractivity contribution in [3.8, 4) is 0 Å². The summed E-state index contributed by atoms with van der Waals surface area (Å²) in [7, 11) is 0. The second kappa shape index (κ2) is 9.79. The fourth-order valence-electron chi connectivity index (χ4n) is 1.99. The number of esters is 1. The Balaban J connectivity index is 1.94. The van der Waals surface area contributed by atoms with E-state index in [9.17, 15) is 9.59 Å². The molecular weight excluding hydrogens is 380 g/mol. The number of benzene rings is 1. The monoisotopic (exact) mass is 398 g/mol. The lowest BCUT2D eigenvalue weighted by atomic mass is 10.3. The van der Waals surface area contributed by atoms with E-state index in [1.54, 1.807) is 24.4 Å². The Morgan fingerprint density at radius 1 is 1.32 bits per heavy atom. The van der Waals surface area contributed by atoms with Crippen molar-refractivity contribution >= 4 is 51.7 Å². The number of nitrogens with one attached hydrogen (secondary N) is 1. The van der Waals surface area contributed by atoms with Crippen LogP contribution in [0.4, 0.5) is 5.13 Å². The average Bonchev–Trinajstić information content (AvgIpc) is 3.01. The Morgan fingerprint density at radius 2 is 2.04 bits per heavy atom. The number of thiazole rings is 1. The highest BCUT2D eigenvalue weighted by atomic mass is 35.5. The van der Waals surface area contributed by atoms with E-state index in [-0.39, 0.29) is 23.5 Å². The number of hydrogen-bond donors (Lipinski definition) is 1. The molecule has 1 unspecified atom stereocenters. The molecule has 0 saturated carbocycles. The summed E-state index contributed by atoms with van der Waals surface area (Å²) in [5.74, 6) is -0.435. The summed E-state index contributed by atoms with van der Waals surface area (Å²) in [5.41, 5.74) is 0.595. The minimum atomic E-state index is -0.324. The molecule has 8 heteroatoms. The molecule has 0 aliphatic heterocycles. The Labute approximate surface area is 160 Å². The SMILES string of the molecule is CCOC(=O)Cc1csc(NC(=O)C(CC)Sc2ccc(Cl)cc2)n1. The van der Waals surface area contributed by atoms with Crippen LogP contribution >= 0.6 is 34.7 Å². The van der Waals surface area contributed by atoms with Crippen LogP contribution in [-0.4, -0.2) is 28.7 Å². The number of amides is 1. The zero-order valence-corrected chi connectivity index (χ0v) is 16.3. The quantitative estimate of drug-likeness (QED) is 0.526. The van der Waals surface area contributed by atoms with Crippen LogP contribution in [-0.2, 0) is 20.7 Å². The van der Waals surface area contributed by atoms with E-state index in [1.807, 2.05) is 19.1 Å². The molecule has 0 radical (unpaired) electrons. The Morgan fingerprint density at radius 3 is 2.68 bits per heavy atom. The Bertz CT molecular complexity index is 719. The first-order valence-corrected chi connectivity index (χ1v) is 9.98. The van der Waals surface area contributed by atoms with Crippen LogP contribution in [0.2, 0.25) is 5.02 Å². The molecule has 1 aromatic heterocycles. The fraction of sp³-hybridized carbons (Fsp3) is 0.353. The van der Waals surface area contributed by atoms with Crippen LogP contribution in [0.15, 0.2) is 34.5 Å². The first-order valence-electron chi connectivity index (χ1n) is 7.85. The van der Waals surface area contributed by atoms with Gasteiger partial charge >= 0.3 is 5.97 Å². The first-order chi connectivity index (χ1) is 12.0. The summed E-state index contributed by atoms with van der Waals surface area (Å²) >= 11 is 8.66. The summed E-state index contributed by atoms with van der Waals surface area (Å²) in [4.78, 5) is 29.2. The maximum Gasteiger partial charge on any atom is 0.311 e. The van der Waals surface area contributed by atoms with Crippen LogP contribution in [0, 0.1) is 0 Å². The lowest BCUT2D eigenvalue weighted by Gasteiger charge is -2.13. The molecule has 2 aromatic rings. The van der Waals surface area contributed by atoms with Crippen LogP contribution < -0.4 is 5.32 Å². The predicted molar refractivity (Wildman–Crippen MR) is 102 cm³/mol. The van der Waals surface area contributed by atoms with Crippen molar-refractivity contribution in [2.75, 3.05) is 11.9 Å². The second-order valence-electron chi connectivity index (χ2n) is 5.08. The molecule has 5 nitrogen and oxygen atoms in total. The summed E-state index contributed by atoms with van der Waals surface area (Å²) in [6.07, 6.45) is 0.789. The minimum absolute atomic E-state index is 0.108. The normalized spacial score (nSPS) is 11.8.